The summed E-state index contributed by atoms with van der Waals surface area (Å²) in [5.74, 6) is 0.286. The first-order valence-electron chi connectivity index (χ1n) is 5.23. The van der Waals surface area contributed by atoms with Gasteiger partial charge in [-0.15, -0.1) is 0 Å². The van der Waals surface area contributed by atoms with Crippen LogP contribution in [0.2, 0.25) is 0 Å². The minimum Gasteiger partial charge on any atom is -0.465 e. The zero-order valence-corrected chi connectivity index (χ0v) is 9.94. The summed E-state index contributed by atoms with van der Waals surface area (Å²) in [5, 5.41) is 9.43. The number of hydrogen-bond donors (Lipinski definition) is 1. The molecule has 84 valence electrons. The van der Waals surface area contributed by atoms with E-state index in [1.807, 2.05) is 0 Å². The summed E-state index contributed by atoms with van der Waals surface area (Å²) in [6, 6.07) is 0.156. The summed E-state index contributed by atoms with van der Waals surface area (Å²) in [4.78, 5) is 24.1. The summed E-state index contributed by atoms with van der Waals surface area (Å²) in [6.07, 6.45) is 2.44. The third-order valence-electron chi connectivity index (χ3n) is 3.54. The molecule has 2 unspecified atom stereocenters. The molecule has 1 amide bonds. The maximum Gasteiger partial charge on any atom is 0.407 e. The molecular formula is C10H14BrNO3. The minimum atomic E-state index is -0.827. The van der Waals surface area contributed by atoms with Gasteiger partial charge >= 0.3 is 6.09 Å². The number of halogens is 1. The van der Waals surface area contributed by atoms with Gasteiger partial charge in [0.15, 0.2) is 0 Å². The number of carbonyl (C=O) groups is 2. The largest absolute Gasteiger partial charge is 0.465 e. The van der Waals surface area contributed by atoms with Crippen molar-refractivity contribution in [3.63, 3.8) is 0 Å². The highest BCUT2D eigenvalue weighted by atomic mass is 79.9. The predicted molar refractivity (Wildman–Crippen MR) is 58.2 cm³/mol. The molecule has 0 saturated carbocycles. The van der Waals surface area contributed by atoms with Crippen molar-refractivity contribution in [3.05, 3.63) is 0 Å². The quantitative estimate of drug-likeness (QED) is 0.783. The second-order valence-corrected chi connectivity index (χ2v) is 4.90. The topological polar surface area (TPSA) is 57.6 Å². The van der Waals surface area contributed by atoms with Crippen LogP contribution in [0.3, 0.4) is 0 Å². The number of fused-ring (bicyclic) bond motifs is 2. The second-order valence-electron chi connectivity index (χ2n) is 4.34. The molecule has 0 radical (unpaired) electrons. The van der Waals surface area contributed by atoms with Gasteiger partial charge in [0, 0.05) is 18.0 Å². The normalized spacial score (nSPS) is 34.2. The van der Waals surface area contributed by atoms with Gasteiger partial charge in [0.1, 0.15) is 5.78 Å². The zero-order chi connectivity index (χ0) is 11.0. The van der Waals surface area contributed by atoms with E-state index >= 15 is 0 Å². The summed E-state index contributed by atoms with van der Waals surface area (Å²) in [7, 11) is 0. The fourth-order valence-corrected chi connectivity index (χ4v) is 3.32. The summed E-state index contributed by atoms with van der Waals surface area (Å²) in [5.41, 5.74) is 0. The Bertz CT molecular complexity index is 280. The van der Waals surface area contributed by atoms with Crippen LogP contribution in [-0.4, -0.2) is 39.3 Å². The standard InChI is InChI=1S/C10H14BrNO3/c11-5-9(13)6-3-7-1-2-8(4-6)12(7)10(14)15/h6-8H,1-5H2,(H,14,15). The molecule has 2 aliphatic heterocycles. The van der Waals surface area contributed by atoms with Gasteiger partial charge in [0.25, 0.3) is 0 Å². The number of rotatable bonds is 2. The molecule has 0 aromatic carbocycles. The van der Waals surface area contributed by atoms with E-state index in [0.29, 0.717) is 18.2 Å². The molecule has 2 bridgehead atoms. The van der Waals surface area contributed by atoms with Crippen LogP contribution in [0.4, 0.5) is 4.79 Å². The monoisotopic (exact) mass is 275 g/mol. The average molecular weight is 276 g/mol. The first-order valence-corrected chi connectivity index (χ1v) is 6.35. The summed E-state index contributed by atoms with van der Waals surface area (Å²) in [6.45, 7) is 0. The van der Waals surface area contributed by atoms with Crippen LogP contribution in [0.15, 0.2) is 0 Å². The molecule has 2 heterocycles. The van der Waals surface area contributed by atoms with Crippen LogP contribution < -0.4 is 0 Å². The van der Waals surface area contributed by atoms with Gasteiger partial charge in [-0.1, -0.05) is 15.9 Å². The van der Waals surface area contributed by atoms with Gasteiger partial charge in [0.05, 0.1) is 5.33 Å². The van der Waals surface area contributed by atoms with Crippen molar-refractivity contribution in [2.45, 2.75) is 37.8 Å². The first kappa shape index (κ1) is 10.9. The highest BCUT2D eigenvalue weighted by Gasteiger charge is 2.44. The number of carboxylic acid groups (broad SMARTS) is 1. The van der Waals surface area contributed by atoms with Gasteiger partial charge < -0.3 is 10.0 Å². The predicted octanol–water partition coefficient (Wildman–Crippen LogP) is 1.87. The third kappa shape index (κ3) is 1.89. The number of alkyl halides is 1. The van der Waals surface area contributed by atoms with Crippen LogP contribution >= 0.6 is 15.9 Å². The van der Waals surface area contributed by atoms with Gasteiger partial charge in [-0.25, -0.2) is 4.79 Å². The molecule has 2 aliphatic rings. The van der Waals surface area contributed by atoms with Gasteiger partial charge in [-0.2, -0.15) is 0 Å². The number of carbonyl (C=O) groups excluding carboxylic acids is 1. The lowest BCUT2D eigenvalue weighted by molar-refractivity contribution is -0.122. The molecule has 2 rings (SSSR count). The van der Waals surface area contributed by atoms with E-state index in [0.717, 1.165) is 12.8 Å². The zero-order valence-electron chi connectivity index (χ0n) is 8.36. The molecule has 4 nitrogen and oxygen atoms in total. The maximum atomic E-state index is 11.5. The molecule has 0 aromatic rings. The number of nitrogens with zero attached hydrogens (tertiary/aromatic N) is 1. The van der Waals surface area contributed by atoms with Gasteiger partial charge in [0.2, 0.25) is 0 Å². The van der Waals surface area contributed by atoms with E-state index in [4.69, 9.17) is 5.11 Å². The molecule has 0 aromatic heterocycles. The first-order chi connectivity index (χ1) is 7.13. The van der Waals surface area contributed by atoms with Crippen molar-refractivity contribution in [2.24, 2.45) is 5.92 Å². The van der Waals surface area contributed by atoms with Gasteiger partial charge in [-0.3, -0.25) is 4.79 Å². The van der Waals surface area contributed by atoms with Crippen LogP contribution in [0.1, 0.15) is 25.7 Å². The molecule has 1 N–H and O–H groups in total. The Hall–Kier alpha value is -0.580. The van der Waals surface area contributed by atoms with E-state index in [1.165, 1.54) is 0 Å². The van der Waals surface area contributed by atoms with E-state index in [2.05, 4.69) is 15.9 Å². The van der Waals surface area contributed by atoms with Crippen molar-refractivity contribution in [1.29, 1.82) is 0 Å². The molecule has 2 fully saturated rings. The highest BCUT2D eigenvalue weighted by Crippen LogP contribution is 2.39. The molecule has 15 heavy (non-hydrogen) atoms. The lowest BCUT2D eigenvalue weighted by atomic mass is 9.88. The van der Waals surface area contributed by atoms with Crippen molar-refractivity contribution in [3.8, 4) is 0 Å². The Kier molecular flexibility index (Phi) is 3.00. The smallest absolute Gasteiger partial charge is 0.407 e. The molecule has 0 spiro atoms. The Morgan fingerprint density at radius 2 is 1.80 bits per heavy atom. The van der Waals surface area contributed by atoms with Crippen molar-refractivity contribution < 1.29 is 14.7 Å². The molecular weight excluding hydrogens is 262 g/mol. The molecule has 5 heteroatoms. The number of hydrogen-bond acceptors (Lipinski definition) is 2. The second kappa shape index (κ2) is 4.12. The highest BCUT2D eigenvalue weighted by molar-refractivity contribution is 9.09. The van der Waals surface area contributed by atoms with Crippen LogP contribution in [-0.2, 0) is 4.79 Å². The average Bonchev–Trinajstić information content (AvgIpc) is 2.49. The van der Waals surface area contributed by atoms with Crippen LogP contribution in [0.25, 0.3) is 0 Å². The fourth-order valence-electron chi connectivity index (χ4n) is 2.86. The molecule has 0 aliphatic carbocycles. The lowest BCUT2D eigenvalue weighted by Crippen LogP contribution is -2.47. The number of piperidine rings is 1. The van der Waals surface area contributed by atoms with Crippen LogP contribution in [0, 0.1) is 5.92 Å². The minimum absolute atomic E-state index is 0.0671. The van der Waals surface area contributed by atoms with E-state index in [-0.39, 0.29) is 23.8 Å². The Morgan fingerprint density at radius 1 is 1.27 bits per heavy atom. The summed E-state index contributed by atoms with van der Waals surface area (Å²) >= 11 is 3.18. The van der Waals surface area contributed by atoms with Crippen LogP contribution in [0.5, 0.6) is 0 Å². The maximum absolute atomic E-state index is 11.5. The Labute approximate surface area is 96.8 Å². The lowest BCUT2D eigenvalue weighted by Gasteiger charge is -2.36. The Balaban J connectivity index is 2.08. The number of amides is 1. The molecule has 2 saturated heterocycles. The third-order valence-corrected chi connectivity index (χ3v) is 4.09. The number of Topliss-reactive ketones (excluding diaryl/α,β-unsaturated/α-hetero) is 1. The molecule has 2 atom stereocenters. The van der Waals surface area contributed by atoms with Crippen molar-refractivity contribution in [2.75, 3.05) is 5.33 Å². The van der Waals surface area contributed by atoms with Gasteiger partial charge in [-0.05, 0) is 25.7 Å². The van der Waals surface area contributed by atoms with Crippen molar-refractivity contribution >= 4 is 27.8 Å². The van der Waals surface area contributed by atoms with E-state index < -0.39 is 6.09 Å². The number of ketones is 1. The van der Waals surface area contributed by atoms with E-state index in [1.54, 1.807) is 4.90 Å². The SMILES string of the molecule is O=C(CBr)C1CC2CCC(C1)N2C(=O)O. The van der Waals surface area contributed by atoms with Crippen molar-refractivity contribution in [1.82, 2.24) is 4.90 Å². The Morgan fingerprint density at radius 3 is 2.20 bits per heavy atom. The van der Waals surface area contributed by atoms with E-state index in [9.17, 15) is 9.59 Å². The fraction of sp³-hybridized carbons (Fsp3) is 0.800. The summed E-state index contributed by atoms with van der Waals surface area (Å²) < 4.78 is 0.